The van der Waals surface area contributed by atoms with E-state index in [0.29, 0.717) is 5.69 Å². The van der Waals surface area contributed by atoms with Crippen LogP contribution in [-0.4, -0.2) is 15.0 Å². The van der Waals surface area contributed by atoms with Gasteiger partial charge in [-0.05, 0) is 24.1 Å². The molecule has 1 heterocycles. The van der Waals surface area contributed by atoms with Gasteiger partial charge in [-0.1, -0.05) is 32.1 Å². The summed E-state index contributed by atoms with van der Waals surface area (Å²) in [6.07, 6.45) is 3.96. The van der Waals surface area contributed by atoms with Gasteiger partial charge in [0, 0.05) is 0 Å². The maximum absolute atomic E-state index is 13.5. The Morgan fingerprint density at radius 3 is 2.56 bits per heavy atom. The Morgan fingerprint density at radius 2 is 2.06 bits per heavy atom. The number of hydrogen-bond donors (Lipinski definition) is 0. The maximum Gasteiger partial charge on any atom is 0.149 e. The second kappa shape index (κ2) is 6.00. The zero-order chi connectivity index (χ0) is 12.0. The van der Waals surface area contributed by atoms with Crippen molar-refractivity contribution in [1.29, 1.82) is 0 Å². The Hall–Kier alpha value is -1.71. The maximum atomic E-state index is 13.5. The Labute approximate surface area is 94.9 Å². The first-order valence-electron chi connectivity index (χ1n) is 5.46. The fraction of sp³-hybridized carbons (Fsp3) is 0.333. The van der Waals surface area contributed by atoms with Crippen molar-refractivity contribution in [2.24, 2.45) is 0 Å². The van der Waals surface area contributed by atoms with Gasteiger partial charge >= 0.3 is 0 Å². The highest BCUT2D eigenvalue weighted by Gasteiger charge is 2.04. The standard InChI is InChI=1S/C10H10FN3.C2H6/c1-2-8-3-4-10(9(11)7-8)14-6-5-12-13-14;1-2/h3-7H,2H2,1H3;1-2H3. The first kappa shape index (κ1) is 12.4. The minimum absolute atomic E-state index is 0.269. The molecular formula is C12H16FN3. The fourth-order valence-corrected chi connectivity index (χ4v) is 1.29. The molecule has 3 nitrogen and oxygen atoms in total. The lowest BCUT2D eigenvalue weighted by molar-refractivity contribution is 0.605. The topological polar surface area (TPSA) is 30.7 Å². The molecule has 0 aliphatic rings. The lowest BCUT2D eigenvalue weighted by atomic mass is 10.1. The predicted octanol–water partition coefficient (Wildman–Crippen LogP) is 3.00. The third-order valence-corrected chi connectivity index (χ3v) is 2.09. The van der Waals surface area contributed by atoms with Crippen LogP contribution in [0.15, 0.2) is 30.6 Å². The first-order chi connectivity index (χ1) is 7.81. The van der Waals surface area contributed by atoms with Gasteiger partial charge in [-0.3, -0.25) is 0 Å². The van der Waals surface area contributed by atoms with Gasteiger partial charge in [0.15, 0.2) is 0 Å². The number of aryl methyl sites for hydroxylation is 1. The van der Waals surface area contributed by atoms with E-state index in [4.69, 9.17) is 0 Å². The van der Waals surface area contributed by atoms with Crippen LogP contribution in [-0.2, 0) is 6.42 Å². The van der Waals surface area contributed by atoms with Crippen molar-refractivity contribution < 1.29 is 4.39 Å². The van der Waals surface area contributed by atoms with Crippen LogP contribution in [0.3, 0.4) is 0 Å². The minimum atomic E-state index is -0.269. The Morgan fingerprint density at radius 1 is 1.31 bits per heavy atom. The van der Waals surface area contributed by atoms with Gasteiger partial charge in [0.2, 0.25) is 0 Å². The Balaban J connectivity index is 0.000000606. The summed E-state index contributed by atoms with van der Waals surface area (Å²) in [5.74, 6) is -0.269. The van der Waals surface area contributed by atoms with Crippen LogP contribution in [0.1, 0.15) is 26.3 Å². The molecule has 16 heavy (non-hydrogen) atoms. The molecule has 0 aliphatic carbocycles. The molecule has 0 N–H and O–H groups in total. The molecule has 0 spiro atoms. The summed E-state index contributed by atoms with van der Waals surface area (Å²) in [7, 11) is 0. The number of halogens is 1. The number of hydrogen-bond acceptors (Lipinski definition) is 2. The van der Waals surface area contributed by atoms with Crippen molar-refractivity contribution in [3.05, 3.63) is 42.0 Å². The molecule has 1 aromatic carbocycles. The molecule has 0 radical (unpaired) electrons. The lowest BCUT2D eigenvalue weighted by Crippen LogP contribution is -1.99. The van der Waals surface area contributed by atoms with Crippen molar-refractivity contribution in [2.45, 2.75) is 27.2 Å². The summed E-state index contributed by atoms with van der Waals surface area (Å²) >= 11 is 0. The number of aromatic nitrogens is 3. The van der Waals surface area contributed by atoms with Crippen molar-refractivity contribution in [3.63, 3.8) is 0 Å². The van der Waals surface area contributed by atoms with Crippen LogP contribution in [0, 0.1) is 5.82 Å². The molecule has 0 saturated carbocycles. The van der Waals surface area contributed by atoms with E-state index in [9.17, 15) is 4.39 Å². The lowest BCUT2D eigenvalue weighted by Gasteiger charge is -2.03. The molecule has 0 aliphatic heterocycles. The molecule has 2 aromatic rings. The normalized spacial score (nSPS) is 9.50. The molecule has 0 bridgehead atoms. The fourth-order valence-electron chi connectivity index (χ4n) is 1.29. The highest BCUT2D eigenvalue weighted by Crippen LogP contribution is 2.13. The molecule has 0 fully saturated rings. The van der Waals surface area contributed by atoms with E-state index in [1.807, 2.05) is 26.8 Å². The van der Waals surface area contributed by atoms with Gasteiger partial charge in [0.05, 0.1) is 12.4 Å². The van der Waals surface area contributed by atoms with E-state index < -0.39 is 0 Å². The molecule has 0 atom stereocenters. The molecular weight excluding hydrogens is 205 g/mol. The monoisotopic (exact) mass is 221 g/mol. The molecule has 2 rings (SSSR count). The van der Waals surface area contributed by atoms with Crippen molar-refractivity contribution in [3.8, 4) is 5.69 Å². The van der Waals surface area contributed by atoms with Gasteiger partial charge in [0.25, 0.3) is 0 Å². The van der Waals surface area contributed by atoms with E-state index >= 15 is 0 Å². The molecule has 1 aromatic heterocycles. The summed E-state index contributed by atoms with van der Waals surface area (Å²) in [5.41, 5.74) is 1.41. The Bertz CT molecular complexity index is 424. The smallest absolute Gasteiger partial charge is 0.149 e. The highest BCUT2D eigenvalue weighted by atomic mass is 19.1. The third kappa shape index (κ3) is 2.66. The second-order valence-electron chi connectivity index (χ2n) is 2.99. The molecule has 86 valence electrons. The van der Waals surface area contributed by atoms with Crippen molar-refractivity contribution >= 4 is 0 Å². The number of rotatable bonds is 2. The molecule has 4 heteroatoms. The zero-order valence-electron chi connectivity index (χ0n) is 9.81. The average Bonchev–Trinajstić information content (AvgIpc) is 2.85. The van der Waals surface area contributed by atoms with Gasteiger partial charge in [0.1, 0.15) is 11.5 Å². The number of benzene rings is 1. The molecule has 0 saturated heterocycles. The van der Waals surface area contributed by atoms with Gasteiger partial charge in [-0.15, -0.1) is 5.10 Å². The van der Waals surface area contributed by atoms with E-state index in [1.165, 1.54) is 16.9 Å². The number of nitrogens with zero attached hydrogens (tertiary/aromatic N) is 3. The largest absolute Gasteiger partial charge is 0.218 e. The Kier molecular flexibility index (Phi) is 4.64. The van der Waals surface area contributed by atoms with Crippen LogP contribution < -0.4 is 0 Å². The van der Waals surface area contributed by atoms with Crippen molar-refractivity contribution in [2.75, 3.05) is 0 Å². The summed E-state index contributed by atoms with van der Waals surface area (Å²) in [4.78, 5) is 0. The van der Waals surface area contributed by atoms with E-state index in [1.54, 1.807) is 12.3 Å². The van der Waals surface area contributed by atoms with E-state index in [2.05, 4.69) is 10.3 Å². The van der Waals surface area contributed by atoms with Gasteiger partial charge < -0.3 is 0 Å². The van der Waals surface area contributed by atoms with Crippen LogP contribution >= 0.6 is 0 Å². The van der Waals surface area contributed by atoms with Crippen molar-refractivity contribution in [1.82, 2.24) is 15.0 Å². The molecule has 0 unspecified atom stereocenters. The molecule has 0 amide bonds. The summed E-state index contributed by atoms with van der Waals surface area (Å²) in [5, 5.41) is 7.36. The summed E-state index contributed by atoms with van der Waals surface area (Å²) in [6, 6.07) is 5.12. The third-order valence-electron chi connectivity index (χ3n) is 2.09. The summed E-state index contributed by atoms with van der Waals surface area (Å²) in [6.45, 7) is 5.99. The first-order valence-corrected chi connectivity index (χ1v) is 5.46. The summed E-state index contributed by atoms with van der Waals surface area (Å²) < 4.78 is 14.9. The van der Waals surface area contributed by atoms with Crippen LogP contribution in [0.4, 0.5) is 4.39 Å². The van der Waals surface area contributed by atoms with Crippen LogP contribution in [0.25, 0.3) is 5.69 Å². The second-order valence-corrected chi connectivity index (χ2v) is 2.99. The average molecular weight is 221 g/mol. The highest BCUT2D eigenvalue weighted by molar-refractivity contribution is 5.35. The SMILES string of the molecule is CC.CCc1ccc(-n2ccnn2)c(F)c1. The van der Waals surface area contributed by atoms with Crippen LogP contribution in [0.2, 0.25) is 0 Å². The van der Waals surface area contributed by atoms with E-state index in [-0.39, 0.29) is 5.82 Å². The van der Waals surface area contributed by atoms with E-state index in [0.717, 1.165) is 12.0 Å². The minimum Gasteiger partial charge on any atom is -0.218 e. The van der Waals surface area contributed by atoms with Gasteiger partial charge in [-0.2, -0.15) is 0 Å². The predicted molar refractivity (Wildman–Crippen MR) is 62.0 cm³/mol. The quantitative estimate of drug-likeness (QED) is 0.780. The van der Waals surface area contributed by atoms with Gasteiger partial charge in [-0.25, -0.2) is 9.07 Å². The van der Waals surface area contributed by atoms with Crippen LogP contribution in [0.5, 0.6) is 0 Å². The zero-order valence-corrected chi connectivity index (χ0v) is 9.81.